The van der Waals surface area contributed by atoms with Gasteiger partial charge in [-0.3, -0.25) is 0 Å². The van der Waals surface area contributed by atoms with E-state index in [1.807, 2.05) is 6.92 Å². The van der Waals surface area contributed by atoms with E-state index in [1.165, 1.54) is 0 Å². The second kappa shape index (κ2) is 4.90. The van der Waals surface area contributed by atoms with Crippen LogP contribution in [0, 0.1) is 11.8 Å². The molecule has 1 N–H and O–H groups in total. The molecule has 15 heavy (non-hydrogen) atoms. The van der Waals surface area contributed by atoms with Crippen molar-refractivity contribution in [2.24, 2.45) is 0 Å². The first-order chi connectivity index (χ1) is 6.93. The summed E-state index contributed by atoms with van der Waals surface area (Å²) in [6.45, 7) is 3.55. The molecular formula is C12H12Cl2O. The summed E-state index contributed by atoms with van der Waals surface area (Å²) >= 11 is 11.6. The fourth-order valence-corrected chi connectivity index (χ4v) is 1.45. The molecule has 0 aliphatic rings. The van der Waals surface area contributed by atoms with Gasteiger partial charge in [-0.1, -0.05) is 42.0 Å². The van der Waals surface area contributed by atoms with Gasteiger partial charge in [-0.25, -0.2) is 0 Å². The molecule has 0 aliphatic carbocycles. The van der Waals surface area contributed by atoms with Gasteiger partial charge in [0.1, 0.15) is 5.60 Å². The summed E-state index contributed by atoms with van der Waals surface area (Å²) in [5.74, 6) is 5.62. The summed E-state index contributed by atoms with van der Waals surface area (Å²) in [5.41, 5.74) is -0.254. The van der Waals surface area contributed by atoms with Crippen molar-refractivity contribution in [3.05, 3.63) is 33.8 Å². The summed E-state index contributed by atoms with van der Waals surface area (Å²) in [6, 6.07) is 5.07. The molecule has 0 aliphatic heterocycles. The minimum Gasteiger partial charge on any atom is -0.378 e. The lowest BCUT2D eigenvalue weighted by atomic mass is 10.0. The molecule has 0 fully saturated rings. The largest absolute Gasteiger partial charge is 0.378 e. The van der Waals surface area contributed by atoms with Crippen molar-refractivity contribution in [3.63, 3.8) is 0 Å². The molecule has 1 nitrogen and oxygen atoms in total. The zero-order valence-corrected chi connectivity index (χ0v) is 10.2. The third-order valence-corrected chi connectivity index (χ3v) is 2.46. The van der Waals surface area contributed by atoms with Crippen molar-refractivity contribution in [2.75, 3.05) is 0 Å². The fourth-order valence-electron chi connectivity index (χ4n) is 0.921. The minimum atomic E-state index is -0.963. The van der Waals surface area contributed by atoms with Crippen LogP contribution in [0.1, 0.15) is 25.8 Å². The maximum atomic E-state index is 9.68. The van der Waals surface area contributed by atoms with Gasteiger partial charge in [0.05, 0.1) is 0 Å². The van der Waals surface area contributed by atoms with Gasteiger partial charge in [-0.15, -0.1) is 0 Å². The zero-order chi connectivity index (χ0) is 11.5. The van der Waals surface area contributed by atoms with Crippen molar-refractivity contribution in [1.82, 2.24) is 0 Å². The van der Waals surface area contributed by atoms with Crippen molar-refractivity contribution < 1.29 is 5.11 Å². The molecule has 0 spiro atoms. The Morgan fingerprint density at radius 2 is 1.80 bits per heavy atom. The first-order valence-corrected chi connectivity index (χ1v) is 5.40. The van der Waals surface area contributed by atoms with Crippen LogP contribution in [0.5, 0.6) is 0 Å². The van der Waals surface area contributed by atoms with E-state index in [4.69, 9.17) is 23.2 Å². The number of hydrogen-bond acceptors (Lipinski definition) is 1. The second-order valence-electron chi connectivity index (χ2n) is 3.54. The van der Waals surface area contributed by atoms with Gasteiger partial charge in [0.2, 0.25) is 0 Å². The molecule has 0 bridgehead atoms. The molecule has 3 heteroatoms. The van der Waals surface area contributed by atoms with Crippen LogP contribution in [-0.2, 0) is 0 Å². The van der Waals surface area contributed by atoms with E-state index in [1.54, 1.807) is 25.1 Å². The third-order valence-electron chi connectivity index (χ3n) is 2.03. The minimum absolute atomic E-state index is 0.544. The Kier molecular flexibility index (Phi) is 4.04. The lowest BCUT2D eigenvalue weighted by Gasteiger charge is -2.11. The third kappa shape index (κ3) is 4.13. The van der Waals surface area contributed by atoms with Crippen LogP contribution < -0.4 is 0 Å². The Morgan fingerprint density at radius 1 is 1.27 bits per heavy atom. The van der Waals surface area contributed by atoms with Crippen LogP contribution in [0.2, 0.25) is 10.0 Å². The Morgan fingerprint density at radius 3 is 2.27 bits per heavy atom. The Hall–Kier alpha value is -0.680. The van der Waals surface area contributed by atoms with E-state index >= 15 is 0 Å². The van der Waals surface area contributed by atoms with E-state index in [-0.39, 0.29) is 0 Å². The molecule has 0 saturated heterocycles. The molecule has 0 aromatic heterocycles. The van der Waals surface area contributed by atoms with E-state index in [9.17, 15) is 5.11 Å². The van der Waals surface area contributed by atoms with E-state index in [0.29, 0.717) is 22.0 Å². The van der Waals surface area contributed by atoms with Gasteiger partial charge < -0.3 is 5.11 Å². The van der Waals surface area contributed by atoms with Crippen LogP contribution in [0.4, 0.5) is 0 Å². The lowest BCUT2D eigenvalue weighted by Crippen LogP contribution is -2.19. The Bertz CT molecular complexity index is 393. The van der Waals surface area contributed by atoms with Crippen molar-refractivity contribution in [2.45, 2.75) is 25.9 Å². The molecule has 0 amide bonds. The highest BCUT2D eigenvalue weighted by molar-refractivity contribution is 6.34. The van der Waals surface area contributed by atoms with Crippen LogP contribution in [0.25, 0.3) is 0 Å². The summed E-state index contributed by atoms with van der Waals surface area (Å²) in [4.78, 5) is 0. The summed E-state index contributed by atoms with van der Waals surface area (Å²) in [6.07, 6.45) is 0.578. The van der Waals surface area contributed by atoms with Crippen LogP contribution in [0.15, 0.2) is 18.2 Å². The second-order valence-corrected chi connectivity index (χ2v) is 4.41. The van der Waals surface area contributed by atoms with Crippen molar-refractivity contribution in [1.29, 1.82) is 0 Å². The van der Waals surface area contributed by atoms with Gasteiger partial charge in [0.15, 0.2) is 0 Å². The molecule has 1 aromatic carbocycles. The van der Waals surface area contributed by atoms with E-state index in [2.05, 4.69) is 11.8 Å². The molecular weight excluding hydrogens is 231 g/mol. The molecule has 0 saturated carbocycles. The number of benzene rings is 1. The number of hydrogen-bond donors (Lipinski definition) is 1. The maximum absolute atomic E-state index is 9.68. The molecule has 0 radical (unpaired) electrons. The summed E-state index contributed by atoms with van der Waals surface area (Å²) in [7, 11) is 0. The topological polar surface area (TPSA) is 20.2 Å². The van der Waals surface area contributed by atoms with Crippen LogP contribution in [-0.4, -0.2) is 10.7 Å². The van der Waals surface area contributed by atoms with Crippen molar-refractivity contribution in [3.8, 4) is 11.8 Å². The highest BCUT2D eigenvalue weighted by Crippen LogP contribution is 2.18. The summed E-state index contributed by atoms with van der Waals surface area (Å²) in [5, 5.41) is 10.8. The van der Waals surface area contributed by atoms with E-state index in [0.717, 1.165) is 0 Å². The molecule has 0 heterocycles. The number of rotatable bonds is 1. The van der Waals surface area contributed by atoms with Crippen LogP contribution >= 0.6 is 23.2 Å². The lowest BCUT2D eigenvalue weighted by molar-refractivity contribution is 0.118. The Balaban J connectivity index is 2.99. The highest BCUT2D eigenvalue weighted by atomic mass is 35.5. The summed E-state index contributed by atoms with van der Waals surface area (Å²) < 4.78 is 0. The van der Waals surface area contributed by atoms with Gasteiger partial charge >= 0.3 is 0 Å². The Labute approximate surface area is 100 Å². The molecule has 80 valence electrons. The fraction of sp³-hybridized carbons (Fsp3) is 0.333. The normalized spacial score (nSPS) is 13.9. The predicted octanol–water partition coefficient (Wildman–Crippen LogP) is 3.51. The van der Waals surface area contributed by atoms with Gasteiger partial charge in [-0.05, 0) is 31.5 Å². The highest BCUT2D eigenvalue weighted by Gasteiger charge is 2.12. The monoisotopic (exact) mass is 242 g/mol. The van der Waals surface area contributed by atoms with Gasteiger partial charge in [0.25, 0.3) is 0 Å². The van der Waals surface area contributed by atoms with Crippen molar-refractivity contribution >= 4 is 23.2 Å². The first kappa shape index (κ1) is 12.4. The smallest absolute Gasteiger partial charge is 0.122 e. The quantitative estimate of drug-likeness (QED) is 0.748. The predicted molar refractivity (Wildman–Crippen MR) is 64.3 cm³/mol. The molecule has 1 rings (SSSR count). The van der Waals surface area contributed by atoms with Gasteiger partial charge in [-0.2, -0.15) is 0 Å². The van der Waals surface area contributed by atoms with Gasteiger partial charge in [0, 0.05) is 15.6 Å². The average molecular weight is 243 g/mol. The molecule has 1 atom stereocenters. The van der Waals surface area contributed by atoms with Crippen LogP contribution in [0.3, 0.4) is 0 Å². The molecule has 1 aromatic rings. The first-order valence-electron chi connectivity index (χ1n) is 4.64. The number of aliphatic hydroxyl groups is 1. The average Bonchev–Trinajstić information content (AvgIpc) is 2.14. The SMILES string of the molecule is CCC(C)(O)C#Cc1cc(Cl)cc(Cl)c1. The number of halogens is 2. The standard InChI is InChI=1S/C12H12Cl2O/c1-3-12(2,15)5-4-9-6-10(13)8-11(14)7-9/h6-8,15H,3H2,1-2H3. The zero-order valence-electron chi connectivity index (χ0n) is 8.64. The van der Waals surface area contributed by atoms with E-state index < -0.39 is 5.60 Å². The molecule has 1 unspecified atom stereocenters. The maximum Gasteiger partial charge on any atom is 0.122 e.